The Kier molecular flexibility index (Phi) is 2.79. The molecule has 15 heavy (non-hydrogen) atoms. The topological polar surface area (TPSA) is 12.9 Å². The number of hydrogen-bond acceptors (Lipinski definition) is 2. The van der Waals surface area contributed by atoms with Gasteiger partial charge in [-0.25, -0.2) is 4.98 Å². The van der Waals surface area contributed by atoms with Gasteiger partial charge in [-0.1, -0.05) is 43.5 Å². The molecule has 0 spiro atoms. The second-order valence-corrected chi connectivity index (χ2v) is 4.07. The first-order valence-electron chi connectivity index (χ1n) is 4.66. The Balaban J connectivity index is 2.51. The molecule has 0 aliphatic heterocycles. The van der Waals surface area contributed by atoms with E-state index >= 15 is 0 Å². The molecule has 2 aromatic rings. The minimum Gasteiger partial charge on any atom is -0.236 e. The van der Waals surface area contributed by atoms with Crippen molar-refractivity contribution >= 4 is 23.5 Å². The largest absolute Gasteiger partial charge is 0.236 e. The van der Waals surface area contributed by atoms with Gasteiger partial charge in [-0.3, -0.25) is 0 Å². The quantitative estimate of drug-likeness (QED) is 0.748. The number of nitrogens with zero attached hydrogens (tertiary/aromatic N) is 1. The maximum atomic E-state index is 4.50. The first kappa shape index (κ1) is 9.87. The summed E-state index contributed by atoms with van der Waals surface area (Å²) in [5.41, 5.74) is 2.05. The molecule has 0 unspecified atom stereocenters. The maximum absolute atomic E-state index is 4.50. The van der Waals surface area contributed by atoms with Crippen LogP contribution in [0.4, 0.5) is 0 Å². The predicted octanol–water partition coefficient (Wildman–Crippen LogP) is 4.10. The highest BCUT2D eigenvalue weighted by molar-refractivity contribution is 7.16. The van der Waals surface area contributed by atoms with Crippen LogP contribution in [0.1, 0.15) is 10.6 Å². The summed E-state index contributed by atoms with van der Waals surface area (Å²) in [4.78, 5) is 5.57. The molecule has 1 aromatic heterocycles. The summed E-state index contributed by atoms with van der Waals surface area (Å²) in [6.45, 7) is 7.51. The molecule has 2 rings (SSSR count). The first-order valence-corrected chi connectivity index (χ1v) is 5.48. The van der Waals surface area contributed by atoms with Crippen molar-refractivity contribution in [1.82, 2.24) is 4.98 Å². The molecular weight excluding hydrogens is 202 g/mol. The second kappa shape index (κ2) is 4.24. The van der Waals surface area contributed by atoms with E-state index in [1.54, 1.807) is 17.4 Å². The van der Waals surface area contributed by atoms with E-state index in [0.29, 0.717) is 0 Å². The highest BCUT2D eigenvalue weighted by Gasteiger charge is 2.06. The molecule has 0 aliphatic rings. The van der Waals surface area contributed by atoms with Crippen molar-refractivity contribution in [3.8, 4) is 10.6 Å². The van der Waals surface area contributed by atoms with Gasteiger partial charge < -0.3 is 0 Å². The van der Waals surface area contributed by atoms with E-state index in [-0.39, 0.29) is 0 Å². The molecule has 0 saturated heterocycles. The Labute approximate surface area is 93.4 Å². The third kappa shape index (κ3) is 1.90. The van der Waals surface area contributed by atoms with Crippen molar-refractivity contribution in [2.24, 2.45) is 0 Å². The smallest absolute Gasteiger partial charge is 0.124 e. The van der Waals surface area contributed by atoms with E-state index in [9.17, 15) is 0 Å². The Morgan fingerprint density at radius 2 is 1.80 bits per heavy atom. The van der Waals surface area contributed by atoms with Crippen LogP contribution in [-0.2, 0) is 0 Å². The van der Waals surface area contributed by atoms with Crippen LogP contribution < -0.4 is 0 Å². The summed E-state index contributed by atoms with van der Waals surface area (Å²) in [6, 6.07) is 10.1. The van der Waals surface area contributed by atoms with Crippen LogP contribution in [0.25, 0.3) is 22.7 Å². The normalized spacial score (nSPS) is 9.87. The third-order valence-corrected chi connectivity index (χ3v) is 3.20. The van der Waals surface area contributed by atoms with E-state index in [1.165, 1.54) is 0 Å². The predicted molar refractivity (Wildman–Crippen MR) is 67.7 cm³/mol. The van der Waals surface area contributed by atoms with E-state index in [0.717, 1.165) is 21.1 Å². The van der Waals surface area contributed by atoms with Crippen molar-refractivity contribution in [3.63, 3.8) is 0 Å². The summed E-state index contributed by atoms with van der Waals surface area (Å²) in [5, 5.41) is 1.01. The minimum absolute atomic E-state index is 0.911. The van der Waals surface area contributed by atoms with Gasteiger partial charge in [-0.15, -0.1) is 11.3 Å². The lowest BCUT2D eigenvalue weighted by Crippen LogP contribution is -1.76. The summed E-state index contributed by atoms with van der Waals surface area (Å²) in [5.74, 6) is 0. The highest BCUT2D eigenvalue weighted by atomic mass is 32.1. The molecule has 1 heterocycles. The van der Waals surface area contributed by atoms with Gasteiger partial charge >= 0.3 is 0 Å². The summed E-state index contributed by atoms with van der Waals surface area (Å²) >= 11 is 1.64. The molecule has 0 amide bonds. The second-order valence-electron chi connectivity index (χ2n) is 3.04. The number of thiazole rings is 1. The zero-order valence-electron chi connectivity index (χ0n) is 8.31. The van der Waals surface area contributed by atoms with Crippen molar-refractivity contribution in [2.75, 3.05) is 0 Å². The Hall–Kier alpha value is -1.67. The zero-order chi connectivity index (χ0) is 10.7. The Morgan fingerprint density at radius 3 is 2.33 bits per heavy atom. The monoisotopic (exact) mass is 213 g/mol. The number of hydrogen-bond donors (Lipinski definition) is 0. The van der Waals surface area contributed by atoms with E-state index in [4.69, 9.17) is 0 Å². The van der Waals surface area contributed by atoms with Crippen molar-refractivity contribution in [1.29, 1.82) is 0 Å². The van der Waals surface area contributed by atoms with Gasteiger partial charge in [0.25, 0.3) is 0 Å². The van der Waals surface area contributed by atoms with Crippen LogP contribution in [0.3, 0.4) is 0 Å². The first-order chi connectivity index (χ1) is 7.35. The fourth-order valence-corrected chi connectivity index (χ4v) is 2.26. The molecule has 0 saturated carbocycles. The zero-order valence-corrected chi connectivity index (χ0v) is 9.13. The summed E-state index contributed by atoms with van der Waals surface area (Å²) < 4.78 is 0. The van der Waals surface area contributed by atoms with Crippen LogP contribution in [0, 0.1) is 0 Å². The molecule has 0 aliphatic carbocycles. The average molecular weight is 213 g/mol. The van der Waals surface area contributed by atoms with Gasteiger partial charge in [-0.2, -0.15) is 0 Å². The molecule has 0 atom stereocenters. The molecular formula is C13H11NS. The number of benzene rings is 1. The van der Waals surface area contributed by atoms with E-state index in [1.807, 2.05) is 24.3 Å². The lowest BCUT2D eigenvalue weighted by atomic mass is 10.2. The van der Waals surface area contributed by atoms with Crippen molar-refractivity contribution in [3.05, 3.63) is 54.1 Å². The van der Waals surface area contributed by atoms with Crippen LogP contribution in [0.15, 0.2) is 43.5 Å². The lowest BCUT2D eigenvalue weighted by molar-refractivity contribution is 1.37. The summed E-state index contributed by atoms with van der Waals surface area (Å²) in [7, 11) is 0. The van der Waals surface area contributed by atoms with Gasteiger partial charge in [0.2, 0.25) is 0 Å². The van der Waals surface area contributed by atoms with E-state index < -0.39 is 0 Å². The van der Waals surface area contributed by atoms with Crippen LogP contribution in [0.2, 0.25) is 0 Å². The molecule has 0 radical (unpaired) electrons. The van der Waals surface area contributed by atoms with E-state index in [2.05, 4.69) is 30.3 Å². The van der Waals surface area contributed by atoms with Crippen molar-refractivity contribution < 1.29 is 0 Å². The summed E-state index contributed by atoms with van der Waals surface area (Å²) in [6.07, 6.45) is 3.58. The van der Waals surface area contributed by atoms with Crippen molar-refractivity contribution in [2.45, 2.75) is 0 Å². The van der Waals surface area contributed by atoms with Gasteiger partial charge in [0, 0.05) is 5.56 Å². The fraction of sp³-hybridized carbons (Fsp3) is 0. The van der Waals surface area contributed by atoms with Crippen LogP contribution in [-0.4, -0.2) is 4.98 Å². The molecule has 74 valence electrons. The van der Waals surface area contributed by atoms with Gasteiger partial charge in [0.1, 0.15) is 5.01 Å². The third-order valence-electron chi connectivity index (χ3n) is 2.08. The lowest BCUT2D eigenvalue weighted by Gasteiger charge is -1.92. The van der Waals surface area contributed by atoms with Crippen LogP contribution >= 0.6 is 11.3 Å². The molecule has 0 fully saturated rings. The molecule has 0 N–H and O–H groups in total. The average Bonchev–Trinajstić information content (AvgIpc) is 2.73. The molecule has 0 bridgehead atoms. The molecule has 2 heteroatoms. The maximum Gasteiger partial charge on any atom is 0.124 e. The fourth-order valence-electron chi connectivity index (χ4n) is 1.34. The Morgan fingerprint density at radius 1 is 1.07 bits per heavy atom. The molecule has 1 aromatic carbocycles. The number of aromatic nitrogens is 1. The SMILES string of the molecule is C=Cc1nc(-c2ccccc2)sc1C=C. The Bertz CT molecular complexity index is 457. The molecule has 1 nitrogen and oxygen atoms in total. The highest BCUT2D eigenvalue weighted by Crippen LogP contribution is 2.29. The minimum atomic E-state index is 0.911. The standard InChI is InChI=1S/C13H11NS/c1-3-11-12(4-2)15-13(14-11)10-8-6-5-7-9-10/h3-9H,1-2H2. The van der Waals surface area contributed by atoms with Gasteiger partial charge in [-0.05, 0) is 12.2 Å². The number of rotatable bonds is 3. The van der Waals surface area contributed by atoms with Gasteiger partial charge in [0.15, 0.2) is 0 Å². The van der Waals surface area contributed by atoms with Crippen LogP contribution in [0.5, 0.6) is 0 Å². The van der Waals surface area contributed by atoms with Gasteiger partial charge in [0.05, 0.1) is 10.6 Å².